The number of nitrogens with zero attached hydrogens (tertiary/aromatic N) is 2. The number of nitrogens with one attached hydrogen (secondary N) is 1. The highest BCUT2D eigenvalue weighted by molar-refractivity contribution is 6.06. The van der Waals surface area contributed by atoms with Crippen LogP contribution in [0.3, 0.4) is 0 Å². The van der Waals surface area contributed by atoms with Crippen LogP contribution in [0.25, 0.3) is 11.1 Å². The molecular weight excluding hydrogens is 516 g/mol. The molecule has 0 aliphatic carbocycles. The summed E-state index contributed by atoms with van der Waals surface area (Å²) in [5.41, 5.74) is 2.74. The van der Waals surface area contributed by atoms with Crippen molar-refractivity contribution in [3.05, 3.63) is 125 Å². The summed E-state index contributed by atoms with van der Waals surface area (Å²) in [5.74, 6) is -3.36. The predicted molar refractivity (Wildman–Crippen MR) is 146 cm³/mol. The number of hydrogen-bond donors (Lipinski definition) is 2. The Balaban J connectivity index is 1.60. The summed E-state index contributed by atoms with van der Waals surface area (Å²) in [5, 5.41) is 11.9. The molecule has 0 radical (unpaired) electrons. The van der Waals surface area contributed by atoms with E-state index in [4.69, 9.17) is 0 Å². The number of amides is 2. The van der Waals surface area contributed by atoms with E-state index in [0.29, 0.717) is 23.1 Å². The molecule has 2 N–H and O–H groups in total. The van der Waals surface area contributed by atoms with Gasteiger partial charge in [-0.25, -0.2) is 8.78 Å². The van der Waals surface area contributed by atoms with Crippen LogP contribution in [0.2, 0.25) is 0 Å². The minimum Gasteiger partial charge on any atom is -0.481 e. The molecule has 0 unspecified atom stereocenters. The molecule has 0 atom stereocenters. The zero-order valence-corrected chi connectivity index (χ0v) is 21.5. The van der Waals surface area contributed by atoms with Crippen LogP contribution in [-0.4, -0.2) is 45.9 Å². The van der Waals surface area contributed by atoms with E-state index in [9.17, 15) is 28.3 Å². The lowest BCUT2D eigenvalue weighted by molar-refractivity contribution is -0.137. The summed E-state index contributed by atoms with van der Waals surface area (Å²) < 4.78 is 27.1. The van der Waals surface area contributed by atoms with Crippen molar-refractivity contribution in [2.75, 3.05) is 13.1 Å². The Morgan fingerprint density at radius 2 is 1.45 bits per heavy atom. The maximum atomic E-state index is 13.8. The third-order valence-corrected chi connectivity index (χ3v) is 6.27. The Morgan fingerprint density at radius 3 is 2.10 bits per heavy atom. The van der Waals surface area contributed by atoms with Gasteiger partial charge in [-0.1, -0.05) is 42.5 Å². The topological polar surface area (TPSA) is 99.6 Å². The minimum absolute atomic E-state index is 0.00902. The molecule has 0 bridgehead atoms. The highest BCUT2D eigenvalue weighted by Crippen LogP contribution is 2.28. The monoisotopic (exact) mass is 543 g/mol. The lowest BCUT2D eigenvalue weighted by Gasteiger charge is -2.24. The molecule has 1 heterocycles. The highest BCUT2D eigenvalue weighted by Gasteiger charge is 2.22. The number of carbonyl (C=O) groups excluding carboxylic acids is 2. The Morgan fingerprint density at radius 1 is 0.800 bits per heavy atom. The van der Waals surface area contributed by atoms with Crippen LogP contribution in [0.4, 0.5) is 8.78 Å². The van der Waals surface area contributed by atoms with Gasteiger partial charge in [0, 0.05) is 49.2 Å². The van der Waals surface area contributed by atoms with Gasteiger partial charge in [0.05, 0.1) is 6.42 Å². The number of aliphatic carboxylic acids is 1. The number of carbonyl (C=O) groups is 3. The van der Waals surface area contributed by atoms with Crippen LogP contribution in [0.1, 0.15) is 38.3 Å². The smallest absolute Gasteiger partial charge is 0.305 e. The molecule has 4 rings (SSSR count). The number of carboxylic acids is 1. The van der Waals surface area contributed by atoms with Gasteiger partial charge in [-0.2, -0.15) is 0 Å². The second-order valence-electron chi connectivity index (χ2n) is 9.10. The molecular formula is C31H27F2N3O4. The molecule has 204 valence electrons. The normalized spacial score (nSPS) is 10.7. The molecule has 0 aliphatic heterocycles. The Hall–Kier alpha value is -4.92. The molecule has 0 saturated heterocycles. The van der Waals surface area contributed by atoms with Crippen LogP contribution < -0.4 is 5.32 Å². The van der Waals surface area contributed by atoms with Crippen LogP contribution in [-0.2, 0) is 17.8 Å². The molecule has 0 saturated carbocycles. The first-order valence-corrected chi connectivity index (χ1v) is 12.6. The molecule has 1 aromatic heterocycles. The standard InChI is InChI=1S/C31H27F2N3O4/c32-23-16-22(17-24(33)18-23)20-35-30(39)27-9-3-1-7-25(27)26-8-2-4-10-28(26)31(40)36(15-12-29(37)38)14-11-21-6-5-13-34-19-21/h1-10,13,16-19H,11-12,14-15,20H2,(H,35,39)(H,37,38). The fourth-order valence-electron chi connectivity index (χ4n) is 4.34. The highest BCUT2D eigenvalue weighted by atomic mass is 19.1. The van der Waals surface area contributed by atoms with E-state index in [2.05, 4.69) is 10.3 Å². The molecule has 4 aromatic rings. The maximum Gasteiger partial charge on any atom is 0.305 e. The van der Waals surface area contributed by atoms with E-state index >= 15 is 0 Å². The number of halogens is 2. The molecule has 9 heteroatoms. The number of rotatable bonds is 11. The third kappa shape index (κ3) is 7.35. The van der Waals surface area contributed by atoms with Crippen LogP contribution >= 0.6 is 0 Å². The average molecular weight is 544 g/mol. The molecule has 0 spiro atoms. The van der Waals surface area contributed by atoms with Gasteiger partial charge >= 0.3 is 5.97 Å². The second-order valence-corrected chi connectivity index (χ2v) is 9.10. The molecule has 0 aliphatic rings. The maximum absolute atomic E-state index is 13.8. The molecule has 3 aromatic carbocycles. The summed E-state index contributed by atoms with van der Waals surface area (Å²) >= 11 is 0. The van der Waals surface area contributed by atoms with Crippen molar-refractivity contribution >= 4 is 17.8 Å². The van der Waals surface area contributed by atoms with E-state index in [-0.39, 0.29) is 43.1 Å². The van der Waals surface area contributed by atoms with Crippen molar-refractivity contribution in [1.82, 2.24) is 15.2 Å². The SMILES string of the molecule is O=C(O)CCN(CCc1cccnc1)C(=O)c1ccccc1-c1ccccc1C(=O)NCc1cc(F)cc(F)c1. The first kappa shape index (κ1) is 28.1. The summed E-state index contributed by atoms with van der Waals surface area (Å²) in [6.45, 7) is 0.188. The number of carboxylic acid groups (broad SMARTS) is 1. The fourth-order valence-corrected chi connectivity index (χ4v) is 4.34. The van der Waals surface area contributed by atoms with Gasteiger partial charge in [-0.05, 0) is 59.0 Å². The summed E-state index contributed by atoms with van der Waals surface area (Å²) in [6, 6.07) is 20.2. The molecule has 40 heavy (non-hydrogen) atoms. The van der Waals surface area contributed by atoms with E-state index in [1.807, 2.05) is 6.07 Å². The predicted octanol–water partition coefficient (Wildman–Crippen LogP) is 5.12. The number of aromatic nitrogens is 1. The number of hydrogen-bond acceptors (Lipinski definition) is 4. The van der Waals surface area contributed by atoms with Gasteiger partial charge in [0.2, 0.25) is 0 Å². The first-order valence-electron chi connectivity index (χ1n) is 12.6. The van der Waals surface area contributed by atoms with Gasteiger partial charge in [-0.3, -0.25) is 19.4 Å². The minimum atomic E-state index is -1.02. The van der Waals surface area contributed by atoms with Crippen LogP contribution in [0.15, 0.2) is 91.3 Å². The number of benzene rings is 3. The summed E-state index contributed by atoms with van der Waals surface area (Å²) in [6.07, 6.45) is 3.61. The Kier molecular flexibility index (Phi) is 9.30. The van der Waals surface area contributed by atoms with Crippen molar-refractivity contribution < 1.29 is 28.3 Å². The van der Waals surface area contributed by atoms with Crippen molar-refractivity contribution in [3.8, 4) is 11.1 Å². The van der Waals surface area contributed by atoms with E-state index in [1.165, 1.54) is 4.90 Å². The molecule has 0 fully saturated rings. The van der Waals surface area contributed by atoms with Crippen molar-refractivity contribution in [1.29, 1.82) is 0 Å². The number of pyridine rings is 1. The zero-order chi connectivity index (χ0) is 28.5. The van der Waals surface area contributed by atoms with E-state index in [0.717, 1.165) is 23.8 Å². The van der Waals surface area contributed by atoms with Crippen LogP contribution in [0, 0.1) is 11.6 Å². The van der Waals surface area contributed by atoms with Gasteiger partial charge in [0.25, 0.3) is 11.8 Å². The first-order chi connectivity index (χ1) is 19.3. The van der Waals surface area contributed by atoms with E-state index in [1.54, 1.807) is 67.0 Å². The van der Waals surface area contributed by atoms with Gasteiger partial charge in [0.1, 0.15) is 11.6 Å². The van der Waals surface area contributed by atoms with Crippen molar-refractivity contribution in [2.24, 2.45) is 0 Å². The van der Waals surface area contributed by atoms with Gasteiger partial charge in [-0.15, -0.1) is 0 Å². The zero-order valence-electron chi connectivity index (χ0n) is 21.5. The van der Waals surface area contributed by atoms with Gasteiger partial charge in [0.15, 0.2) is 0 Å². The van der Waals surface area contributed by atoms with Crippen molar-refractivity contribution in [2.45, 2.75) is 19.4 Å². The Labute approximate surface area is 230 Å². The van der Waals surface area contributed by atoms with Crippen LogP contribution in [0.5, 0.6) is 0 Å². The average Bonchev–Trinajstić information content (AvgIpc) is 2.95. The molecule has 2 amide bonds. The fraction of sp³-hybridized carbons (Fsp3) is 0.161. The largest absolute Gasteiger partial charge is 0.481 e. The second kappa shape index (κ2) is 13.2. The molecule has 7 nitrogen and oxygen atoms in total. The van der Waals surface area contributed by atoms with E-state index < -0.39 is 23.5 Å². The summed E-state index contributed by atoms with van der Waals surface area (Å²) in [7, 11) is 0. The van der Waals surface area contributed by atoms with Crippen molar-refractivity contribution in [3.63, 3.8) is 0 Å². The summed E-state index contributed by atoms with van der Waals surface area (Å²) in [4.78, 5) is 43.8. The third-order valence-electron chi connectivity index (χ3n) is 6.27. The lowest BCUT2D eigenvalue weighted by atomic mass is 9.94. The Bertz CT molecular complexity index is 1490. The van der Waals surface area contributed by atoms with Gasteiger partial charge < -0.3 is 15.3 Å². The quantitative estimate of drug-likeness (QED) is 0.274. The lowest BCUT2D eigenvalue weighted by Crippen LogP contribution is -2.35.